The van der Waals surface area contributed by atoms with Crippen molar-refractivity contribution >= 4 is 28.6 Å². The van der Waals surface area contributed by atoms with Gasteiger partial charge in [0.15, 0.2) is 0 Å². The van der Waals surface area contributed by atoms with Crippen LogP contribution in [0.3, 0.4) is 0 Å². The smallest absolute Gasteiger partial charge is 0.255 e. The third-order valence-corrected chi connectivity index (χ3v) is 8.27. The quantitative estimate of drug-likeness (QED) is 0.307. The van der Waals surface area contributed by atoms with Gasteiger partial charge in [-0.15, -0.1) is 0 Å². The number of aromatic nitrogens is 1. The van der Waals surface area contributed by atoms with Crippen LogP contribution < -0.4 is 15.4 Å². The Labute approximate surface area is 239 Å². The minimum absolute atomic E-state index is 0.144. The number of carbonyl (C=O) groups is 3. The van der Waals surface area contributed by atoms with Crippen molar-refractivity contribution in [3.63, 3.8) is 0 Å². The molecule has 1 aromatic heterocycles. The van der Waals surface area contributed by atoms with Crippen LogP contribution in [-0.2, 0) is 22.4 Å². The molecule has 0 spiro atoms. The molecule has 3 amide bonds. The van der Waals surface area contributed by atoms with E-state index in [-0.39, 0.29) is 29.7 Å². The van der Waals surface area contributed by atoms with E-state index in [9.17, 15) is 14.4 Å². The molecule has 6 rings (SSSR count). The summed E-state index contributed by atoms with van der Waals surface area (Å²) < 4.78 is 5.21. The van der Waals surface area contributed by atoms with Crippen LogP contribution in [0.1, 0.15) is 52.6 Å². The van der Waals surface area contributed by atoms with Gasteiger partial charge in [-0.1, -0.05) is 62.4 Å². The summed E-state index contributed by atoms with van der Waals surface area (Å²) in [5.41, 5.74) is 5.54. The van der Waals surface area contributed by atoms with E-state index in [1.807, 2.05) is 86.6 Å². The number of para-hydroxylation sites is 1. The van der Waals surface area contributed by atoms with Crippen molar-refractivity contribution in [3.8, 4) is 5.75 Å². The van der Waals surface area contributed by atoms with Gasteiger partial charge in [0.25, 0.3) is 5.91 Å². The second kappa shape index (κ2) is 10.8. The van der Waals surface area contributed by atoms with E-state index in [4.69, 9.17) is 4.74 Å². The zero-order chi connectivity index (χ0) is 28.7. The van der Waals surface area contributed by atoms with E-state index >= 15 is 0 Å². The van der Waals surface area contributed by atoms with Crippen LogP contribution in [0, 0.1) is 5.92 Å². The van der Waals surface area contributed by atoms with E-state index in [0.29, 0.717) is 24.9 Å². The number of ether oxygens (including phenoxy) is 1. The maximum absolute atomic E-state index is 14.0. The monoisotopic (exact) mass is 550 g/mol. The Morgan fingerprint density at radius 1 is 1.02 bits per heavy atom. The third-order valence-electron chi connectivity index (χ3n) is 8.27. The fourth-order valence-corrected chi connectivity index (χ4v) is 6.15. The minimum Gasteiger partial charge on any atom is -0.497 e. The Balaban J connectivity index is 1.23. The van der Waals surface area contributed by atoms with Gasteiger partial charge in [-0.25, -0.2) is 0 Å². The lowest BCUT2D eigenvalue weighted by atomic mass is 9.89. The number of carbonyl (C=O) groups excluding carboxylic acids is 3. The molecule has 0 saturated heterocycles. The highest BCUT2D eigenvalue weighted by Gasteiger charge is 2.49. The summed E-state index contributed by atoms with van der Waals surface area (Å²) in [5, 5.41) is 7.04. The highest BCUT2D eigenvalue weighted by atomic mass is 16.5. The molecule has 8 heteroatoms. The summed E-state index contributed by atoms with van der Waals surface area (Å²) in [4.78, 5) is 46.1. The molecule has 2 aliphatic heterocycles. The molecule has 0 fully saturated rings. The third kappa shape index (κ3) is 4.73. The largest absolute Gasteiger partial charge is 0.497 e. The van der Waals surface area contributed by atoms with Crippen LogP contribution in [0.4, 0.5) is 0 Å². The first-order chi connectivity index (χ1) is 19.9. The van der Waals surface area contributed by atoms with Gasteiger partial charge in [-0.3, -0.25) is 14.4 Å². The summed E-state index contributed by atoms with van der Waals surface area (Å²) in [5.74, 6) is -0.0895. The van der Waals surface area contributed by atoms with Crippen LogP contribution in [0.15, 0.2) is 72.8 Å². The fourth-order valence-electron chi connectivity index (χ4n) is 6.15. The Morgan fingerprint density at radius 2 is 1.76 bits per heavy atom. The van der Waals surface area contributed by atoms with Crippen molar-refractivity contribution in [1.29, 1.82) is 0 Å². The number of nitrogens with zero attached hydrogens (tertiary/aromatic N) is 1. The molecular formula is C33H34N4O4. The summed E-state index contributed by atoms with van der Waals surface area (Å²) in [6.45, 7) is 4.26. The highest BCUT2D eigenvalue weighted by molar-refractivity contribution is 6.04. The molecule has 3 N–H and O–H groups in total. The molecule has 8 nitrogen and oxygen atoms in total. The zero-order valence-electron chi connectivity index (χ0n) is 23.4. The predicted molar refractivity (Wildman–Crippen MR) is 157 cm³/mol. The van der Waals surface area contributed by atoms with E-state index < -0.39 is 12.1 Å². The lowest BCUT2D eigenvalue weighted by molar-refractivity contribution is -0.132. The van der Waals surface area contributed by atoms with Crippen LogP contribution in [0.2, 0.25) is 0 Å². The van der Waals surface area contributed by atoms with Gasteiger partial charge in [0, 0.05) is 35.1 Å². The van der Waals surface area contributed by atoms with Crippen molar-refractivity contribution in [2.24, 2.45) is 5.92 Å². The molecule has 3 aromatic carbocycles. The van der Waals surface area contributed by atoms with Gasteiger partial charge in [-0.2, -0.15) is 0 Å². The van der Waals surface area contributed by atoms with E-state index in [1.165, 1.54) is 0 Å². The van der Waals surface area contributed by atoms with Crippen molar-refractivity contribution < 1.29 is 19.1 Å². The Kier molecular flexibility index (Phi) is 6.99. The normalized spacial score (nSPS) is 18.0. The van der Waals surface area contributed by atoms with E-state index in [0.717, 1.165) is 39.0 Å². The molecule has 2 aliphatic rings. The summed E-state index contributed by atoms with van der Waals surface area (Å²) in [6, 6.07) is 21.4. The number of H-pyrrole nitrogens is 1. The lowest BCUT2D eigenvalue weighted by Crippen LogP contribution is -2.57. The predicted octanol–water partition coefficient (Wildman–Crippen LogP) is 4.15. The van der Waals surface area contributed by atoms with Crippen LogP contribution in [0.25, 0.3) is 10.9 Å². The summed E-state index contributed by atoms with van der Waals surface area (Å²) >= 11 is 0. The number of fused-ring (bicyclic) bond motifs is 7. The molecule has 3 heterocycles. The van der Waals surface area contributed by atoms with Gasteiger partial charge < -0.3 is 25.3 Å². The second-order valence-corrected chi connectivity index (χ2v) is 11.1. The van der Waals surface area contributed by atoms with Crippen molar-refractivity contribution in [2.75, 3.05) is 13.7 Å². The van der Waals surface area contributed by atoms with Crippen molar-refractivity contribution in [2.45, 2.75) is 44.8 Å². The van der Waals surface area contributed by atoms with E-state index in [1.54, 1.807) is 12.0 Å². The first-order valence-electron chi connectivity index (χ1n) is 14.1. The van der Waals surface area contributed by atoms with Gasteiger partial charge in [-0.05, 0) is 53.3 Å². The topological polar surface area (TPSA) is 104 Å². The van der Waals surface area contributed by atoms with Crippen LogP contribution >= 0.6 is 0 Å². The summed E-state index contributed by atoms with van der Waals surface area (Å²) in [6.07, 6.45) is 1.02. The van der Waals surface area contributed by atoms with E-state index in [2.05, 4.69) is 15.6 Å². The molecule has 0 saturated carbocycles. The molecule has 41 heavy (non-hydrogen) atoms. The molecule has 0 bridgehead atoms. The van der Waals surface area contributed by atoms with Crippen molar-refractivity contribution in [1.82, 2.24) is 20.5 Å². The minimum atomic E-state index is -0.750. The molecular weight excluding hydrogens is 516 g/mol. The van der Waals surface area contributed by atoms with Crippen molar-refractivity contribution in [3.05, 3.63) is 101 Å². The fraction of sp³-hybridized carbons (Fsp3) is 0.303. The number of methoxy groups -OCH3 is 1. The average molecular weight is 551 g/mol. The van der Waals surface area contributed by atoms with Crippen LogP contribution in [0.5, 0.6) is 5.75 Å². The Hall–Kier alpha value is -4.59. The van der Waals surface area contributed by atoms with Gasteiger partial charge in [0.05, 0.1) is 13.2 Å². The number of nitrogens with one attached hydrogen (secondary N) is 3. The summed E-state index contributed by atoms with van der Waals surface area (Å²) in [7, 11) is 1.63. The average Bonchev–Trinajstić information content (AvgIpc) is 3.51. The number of benzene rings is 3. The molecule has 4 aromatic rings. The Morgan fingerprint density at radius 3 is 2.51 bits per heavy atom. The first-order valence-corrected chi connectivity index (χ1v) is 14.1. The standard InChI is InChI=1S/C33H34N4O4/c1-19(2)28(32(39)34-17-16-20-12-14-21(41-3)15-13-20)36-31(38)27-18-25-22-8-6-7-11-26(22)35-29(25)30-23-9-4-5-10-24(23)33(40)37(27)30/h4-15,19,27-28,30,35H,16-18H2,1-3H3,(H,34,39)(H,36,38)/t27-,28-,30-/m0/s1. The number of rotatable bonds is 8. The molecule has 3 atom stereocenters. The number of aromatic amines is 1. The second-order valence-electron chi connectivity index (χ2n) is 11.1. The van der Waals surface area contributed by atoms with Gasteiger partial charge in [0.1, 0.15) is 17.8 Å². The maximum atomic E-state index is 14.0. The van der Waals surface area contributed by atoms with Crippen LogP contribution in [-0.4, -0.2) is 53.3 Å². The zero-order valence-corrected chi connectivity index (χ0v) is 23.4. The Bertz CT molecular complexity index is 1620. The maximum Gasteiger partial charge on any atom is 0.255 e. The highest BCUT2D eigenvalue weighted by Crippen LogP contribution is 2.46. The molecule has 0 radical (unpaired) electrons. The molecule has 0 unspecified atom stereocenters. The number of hydrogen-bond donors (Lipinski definition) is 3. The lowest BCUT2D eigenvalue weighted by Gasteiger charge is -2.38. The molecule has 210 valence electrons. The number of amides is 3. The van der Waals surface area contributed by atoms with Gasteiger partial charge in [0.2, 0.25) is 11.8 Å². The first kappa shape index (κ1) is 26.6. The SMILES string of the molecule is COc1ccc(CCNC(=O)[C@@H](NC(=O)[C@@H]2Cc3c([nH]c4ccccc34)[C@@H]3c4ccccc4C(=O)N32)C(C)C)cc1. The van der Waals surface area contributed by atoms with Gasteiger partial charge >= 0.3 is 0 Å². The number of hydrogen-bond acceptors (Lipinski definition) is 4. The molecule has 0 aliphatic carbocycles.